The molecule has 2 heterocycles. The van der Waals surface area contributed by atoms with Crippen molar-refractivity contribution < 1.29 is 18.4 Å². The van der Waals surface area contributed by atoms with E-state index < -0.39 is 0 Å². The lowest BCUT2D eigenvalue weighted by Gasteiger charge is -2.14. The minimum absolute atomic E-state index is 0.0597. The Morgan fingerprint density at radius 1 is 1.48 bits per heavy atom. The Hall–Kier alpha value is -2.28. The Balaban J connectivity index is 1.74. The molecule has 3 rings (SSSR count). The normalized spacial score (nSPS) is 18.0. The highest BCUT2D eigenvalue weighted by molar-refractivity contribution is 5.79. The van der Waals surface area contributed by atoms with Crippen LogP contribution in [-0.4, -0.2) is 47.8 Å². The Morgan fingerprint density at radius 3 is 3.04 bits per heavy atom. The number of amides is 1. The molecule has 1 fully saturated rings. The summed E-state index contributed by atoms with van der Waals surface area (Å²) in [6, 6.07) is 4.67. The molecular formula is C16H18FN3O3. The maximum atomic E-state index is 13.3. The van der Waals surface area contributed by atoms with Gasteiger partial charge in [0, 0.05) is 32.2 Å². The van der Waals surface area contributed by atoms with E-state index in [1.807, 2.05) is 0 Å². The number of hydrogen-bond acceptors (Lipinski definition) is 5. The predicted octanol–water partition coefficient (Wildman–Crippen LogP) is 2.15. The molecule has 0 radical (unpaired) electrons. The Labute approximate surface area is 133 Å². The third-order valence-electron chi connectivity index (χ3n) is 3.99. The Kier molecular flexibility index (Phi) is 4.38. The number of likely N-dealkylation sites (tertiary alicyclic amines) is 1. The lowest BCUT2D eigenvalue weighted by atomic mass is 10.1. The molecule has 1 amide bonds. The van der Waals surface area contributed by atoms with E-state index >= 15 is 0 Å². The molecule has 1 atom stereocenters. The standard InChI is InChI=1S/C16H18FN3O3/c1-10-7-11(3-4-13(10)17)15-18-16(23-19-15)12-8-14(21)20(9-12)5-6-22-2/h3-4,7,12H,5-6,8-9H2,1-2H3/t12-/m1/s1. The van der Waals surface area contributed by atoms with Gasteiger partial charge in [0.1, 0.15) is 5.82 Å². The van der Waals surface area contributed by atoms with Gasteiger partial charge in [-0.15, -0.1) is 0 Å². The van der Waals surface area contributed by atoms with Crippen molar-refractivity contribution in [1.82, 2.24) is 15.0 Å². The highest BCUT2D eigenvalue weighted by atomic mass is 19.1. The Bertz CT molecular complexity index is 716. The van der Waals surface area contributed by atoms with Crippen molar-refractivity contribution in [2.75, 3.05) is 26.8 Å². The molecule has 1 aliphatic heterocycles. The minimum atomic E-state index is -0.271. The molecule has 23 heavy (non-hydrogen) atoms. The number of aryl methyl sites for hydroxylation is 1. The number of methoxy groups -OCH3 is 1. The molecule has 0 aliphatic carbocycles. The fraction of sp³-hybridized carbons (Fsp3) is 0.438. The summed E-state index contributed by atoms with van der Waals surface area (Å²) in [7, 11) is 1.60. The van der Waals surface area contributed by atoms with Crippen molar-refractivity contribution in [3.8, 4) is 11.4 Å². The summed E-state index contributed by atoms with van der Waals surface area (Å²) in [5.74, 6) is 0.528. The van der Waals surface area contributed by atoms with Crippen LogP contribution in [0.2, 0.25) is 0 Å². The maximum absolute atomic E-state index is 13.3. The topological polar surface area (TPSA) is 68.5 Å². The third kappa shape index (κ3) is 3.24. The molecule has 6 nitrogen and oxygen atoms in total. The summed E-state index contributed by atoms with van der Waals surface area (Å²) >= 11 is 0. The highest BCUT2D eigenvalue weighted by Crippen LogP contribution is 2.28. The van der Waals surface area contributed by atoms with Crippen LogP contribution in [-0.2, 0) is 9.53 Å². The molecular weight excluding hydrogens is 301 g/mol. The molecule has 0 unspecified atom stereocenters. The Morgan fingerprint density at radius 2 is 2.30 bits per heavy atom. The number of hydrogen-bond donors (Lipinski definition) is 0. The molecule has 122 valence electrons. The molecule has 0 bridgehead atoms. The number of benzene rings is 1. The number of carbonyl (C=O) groups excluding carboxylic acids is 1. The van der Waals surface area contributed by atoms with E-state index in [1.165, 1.54) is 6.07 Å². The molecule has 1 saturated heterocycles. The van der Waals surface area contributed by atoms with Gasteiger partial charge in [0.25, 0.3) is 0 Å². The molecule has 0 N–H and O–H groups in total. The van der Waals surface area contributed by atoms with Gasteiger partial charge in [0.15, 0.2) is 0 Å². The number of halogens is 1. The number of nitrogens with zero attached hydrogens (tertiary/aromatic N) is 3. The van der Waals surface area contributed by atoms with E-state index in [1.54, 1.807) is 31.1 Å². The zero-order chi connectivity index (χ0) is 16.4. The lowest BCUT2D eigenvalue weighted by molar-refractivity contribution is -0.128. The van der Waals surface area contributed by atoms with Gasteiger partial charge in [-0.1, -0.05) is 5.16 Å². The van der Waals surface area contributed by atoms with Gasteiger partial charge in [-0.25, -0.2) is 4.39 Å². The molecule has 1 aromatic carbocycles. The molecule has 0 saturated carbocycles. The van der Waals surface area contributed by atoms with Gasteiger partial charge < -0.3 is 14.2 Å². The smallest absolute Gasteiger partial charge is 0.232 e. The summed E-state index contributed by atoms with van der Waals surface area (Å²) in [6.45, 7) is 3.29. The fourth-order valence-electron chi connectivity index (χ4n) is 2.66. The van der Waals surface area contributed by atoms with Crippen LogP contribution >= 0.6 is 0 Å². The second-order valence-electron chi connectivity index (χ2n) is 5.65. The zero-order valence-electron chi connectivity index (χ0n) is 13.1. The minimum Gasteiger partial charge on any atom is -0.383 e. The maximum Gasteiger partial charge on any atom is 0.232 e. The first kappa shape index (κ1) is 15.6. The van der Waals surface area contributed by atoms with Crippen LogP contribution in [0.25, 0.3) is 11.4 Å². The number of rotatable bonds is 5. The number of carbonyl (C=O) groups is 1. The van der Waals surface area contributed by atoms with Gasteiger partial charge in [0.05, 0.1) is 12.5 Å². The summed E-state index contributed by atoms with van der Waals surface area (Å²) in [5.41, 5.74) is 1.22. The first-order chi connectivity index (χ1) is 11.1. The van der Waals surface area contributed by atoms with Gasteiger partial charge in [-0.2, -0.15) is 4.98 Å². The van der Waals surface area contributed by atoms with Gasteiger partial charge in [-0.3, -0.25) is 4.79 Å². The van der Waals surface area contributed by atoms with Gasteiger partial charge >= 0.3 is 0 Å². The summed E-state index contributed by atoms with van der Waals surface area (Å²) in [6.07, 6.45) is 0.355. The zero-order valence-corrected chi connectivity index (χ0v) is 13.1. The van der Waals surface area contributed by atoms with Gasteiger partial charge in [-0.05, 0) is 30.7 Å². The van der Waals surface area contributed by atoms with Crippen molar-refractivity contribution in [1.29, 1.82) is 0 Å². The fourth-order valence-corrected chi connectivity index (χ4v) is 2.66. The van der Waals surface area contributed by atoms with E-state index in [0.29, 0.717) is 49.0 Å². The third-order valence-corrected chi connectivity index (χ3v) is 3.99. The average molecular weight is 319 g/mol. The van der Waals surface area contributed by atoms with Crippen molar-refractivity contribution in [3.63, 3.8) is 0 Å². The first-order valence-electron chi connectivity index (χ1n) is 7.45. The lowest BCUT2D eigenvalue weighted by Crippen LogP contribution is -2.28. The van der Waals surface area contributed by atoms with Crippen molar-refractivity contribution >= 4 is 5.91 Å². The average Bonchev–Trinajstić information content (AvgIpc) is 3.15. The first-order valence-corrected chi connectivity index (χ1v) is 7.45. The van der Waals surface area contributed by atoms with Gasteiger partial charge in [0.2, 0.25) is 17.6 Å². The van der Waals surface area contributed by atoms with E-state index in [2.05, 4.69) is 10.1 Å². The van der Waals surface area contributed by atoms with E-state index in [-0.39, 0.29) is 17.6 Å². The molecule has 1 aliphatic rings. The number of aromatic nitrogens is 2. The van der Waals surface area contributed by atoms with Crippen molar-refractivity contribution in [2.24, 2.45) is 0 Å². The van der Waals surface area contributed by atoms with Crippen LogP contribution in [0, 0.1) is 12.7 Å². The summed E-state index contributed by atoms with van der Waals surface area (Å²) in [5, 5.41) is 3.95. The van der Waals surface area contributed by atoms with Crippen LogP contribution in [0.3, 0.4) is 0 Å². The number of ether oxygens (including phenoxy) is 1. The second kappa shape index (κ2) is 6.45. The quantitative estimate of drug-likeness (QED) is 0.844. The van der Waals surface area contributed by atoms with Crippen LogP contribution in [0.4, 0.5) is 4.39 Å². The SMILES string of the molecule is COCCN1C[C@H](c2nc(-c3ccc(F)c(C)c3)no2)CC1=O. The molecule has 2 aromatic rings. The largest absolute Gasteiger partial charge is 0.383 e. The molecule has 0 spiro atoms. The van der Waals surface area contributed by atoms with E-state index in [0.717, 1.165) is 0 Å². The van der Waals surface area contributed by atoms with Crippen LogP contribution < -0.4 is 0 Å². The van der Waals surface area contributed by atoms with Crippen LogP contribution in [0.1, 0.15) is 23.8 Å². The monoisotopic (exact) mass is 319 g/mol. The summed E-state index contributed by atoms with van der Waals surface area (Å²) < 4.78 is 23.6. The van der Waals surface area contributed by atoms with E-state index in [9.17, 15) is 9.18 Å². The molecule has 1 aromatic heterocycles. The van der Waals surface area contributed by atoms with Crippen LogP contribution in [0.5, 0.6) is 0 Å². The van der Waals surface area contributed by atoms with Crippen molar-refractivity contribution in [3.05, 3.63) is 35.5 Å². The van der Waals surface area contributed by atoms with E-state index in [4.69, 9.17) is 9.26 Å². The summed E-state index contributed by atoms with van der Waals surface area (Å²) in [4.78, 5) is 18.1. The highest BCUT2D eigenvalue weighted by Gasteiger charge is 2.34. The molecule has 7 heteroatoms. The van der Waals surface area contributed by atoms with Crippen LogP contribution in [0.15, 0.2) is 22.7 Å². The second-order valence-corrected chi connectivity index (χ2v) is 5.65. The predicted molar refractivity (Wildman–Crippen MR) is 80.2 cm³/mol. The van der Waals surface area contributed by atoms with Crippen molar-refractivity contribution in [2.45, 2.75) is 19.3 Å².